The number of piperazine rings is 1. The van der Waals surface area contributed by atoms with Crippen molar-refractivity contribution in [1.82, 2.24) is 29.5 Å². The van der Waals surface area contributed by atoms with Crippen LogP contribution in [0.25, 0.3) is 16.9 Å². The molecule has 0 unspecified atom stereocenters. The molecule has 0 aliphatic carbocycles. The van der Waals surface area contributed by atoms with Crippen molar-refractivity contribution in [2.75, 3.05) is 51.2 Å². The molecule has 2 N–H and O–H groups in total. The maximum Gasteiger partial charge on any atom is 0.255 e. The number of amides is 2. The first-order chi connectivity index (χ1) is 21.9. The monoisotopic (exact) mass is 634 g/mol. The average Bonchev–Trinajstić information content (AvgIpc) is 3.50. The van der Waals surface area contributed by atoms with Gasteiger partial charge < -0.3 is 25.2 Å². The highest BCUT2D eigenvalue weighted by Gasteiger charge is 2.30. The van der Waals surface area contributed by atoms with Crippen LogP contribution in [-0.4, -0.2) is 81.9 Å². The molecular formula is C31H29ClF2N8O3. The zero-order valence-electron chi connectivity index (χ0n) is 24.1. The topological polar surface area (TPSA) is 128 Å². The summed E-state index contributed by atoms with van der Waals surface area (Å²) in [5.41, 5.74) is 1.44. The Morgan fingerprint density at radius 2 is 1.91 bits per heavy atom. The van der Waals surface area contributed by atoms with Gasteiger partial charge in [0.2, 0.25) is 11.7 Å². The number of carbonyl (C=O) groups excluding carboxylic acids is 2. The molecule has 45 heavy (non-hydrogen) atoms. The molecule has 0 bridgehead atoms. The van der Waals surface area contributed by atoms with E-state index in [9.17, 15) is 18.4 Å². The molecule has 2 aliphatic rings. The van der Waals surface area contributed by atoms with E-state index >= 15 is 0 Å². The number of imidazole rings is 1. The van der Waals surface area contributed by atoms with Gasteiger partial charge in [-0.1, -0.05) is 11.6 Å². The number of rotatable bonds is 7. The molecule has 6 rings (SSSR count). The second kappa shape index (κ2) is 13.1. The number of halogens is 3. The summed E-state index contributed by atoms with van der Waals surface area (Å²) in [4.78, 5) is 38.4. The lowest BCUT2D eigenvalue weighted by atomic mass is 9.98. The van der Waals surface area contributed by atoms with Crippen LogP contribution in [0.5, 0.6) is 5.75 Å². The van der Waals surface area contributed by atoms with Crippen molar-refractivity contribution in [2.24, 2.45) is 5.92 Å². The van der Waals surface area contributed by atoms with E-state index in [1.807, 2.05) is 4.90 Å². The molecule has 2 aromatic carbocycles. The van der Waals surface area contributed by atoms with Crippen LogP contribution in [0.1, 0.15) is 23.2 Å². The fraction of sp³-hybridized carbons (Fsp3) is 0.323. The molecule has 0 radical (unpaired) electrons. The van der Waals surface area contributed by atoms with Crippen molar-refractivity contribution in [1.29, 1.82) is 5.26 Å². The van der Waals surface area contributed by atoms with E-state index in [1.165, 1.54) is 24.5 Å². The number of hydrogen-bond acceptors (Lipinski definition) is 8. The number of nitriles is 1. The molecule has 2 fully saturated rings. The van der Waals surface area contributed by atoms with Gasteiger partial charge in [-0.3, -0.25) is 14.0 Å². The normalized spacial score (nSPS) is 16.8. The highest BCUT2D eigenvalue weighted by molar-refractivity contribution is 6.34. The molecule has 2 saturated heterocycles. The molecular weight excluding hydrogens is 606 g/mol. The molecule has 232 valence electrons. The van der Waals surface area contributed by atoms with E-state index in [0.29, 0.717) is 55.4 Å². The van der Waals surface area contributed by atoms with Crippen LogP contribution >= 0.6 is 11.6 Å². The van der Waals surface area contributed by atoms with Gasteiger partial charge in [0.15, 0.2) is 29.6 Å². The highest BCUT2D eigenvalue weighted by Crippen LogP contribution is 2.32. The van der Waals surface area contributed by atoms with Crippen LogP contribution in [0.2, 0.25) is 5.02 Å². The third kappa shape index (κ3) is 6.11. The van der Waals surface area contributed by atoms with Crippen molar-refractivity contribution in [3.63, 3.8) is 0 Å². The Morgan fingerprint density at radius 3 is 2.64 bits per heavy atom. The van der Waals surface area contributed by atoms with E-state index < -0.39 is 18.2 Å². The van der Waals surface area contributed by atoms with E-state index in [0.717, 1.165) is 19.4 Å². The number of carbonyl (C=O) groups is 2. The van der Waals surface area contributed by atoms with Crippen molar-refractivity contribution in [2.45, 2.75) is 12.8 Å². The van der Waals surface area contributed by atoms with E-state index in [2.05, 4.69) is 20.6 Å². The van der Waals surface area contributed by atoms with Crippen molar-refractivity contribution in [3.8, 4) is 23.1 Å². The van der Waals surface area contributed by atoms with Crippen LogP contribution in [0, 0.1) is 28.9 Å². The van der Waals surface area contributed by atoms with Gasteiger partial charge in [0, 0.05) is 56.4 Å². The van der Waals surface area contributed by atoms with Crippen molar-refractivity contribution in [3.05, 3.63) is 71.1 Å². The van der Waals surface area contributed by atoms with Gasteiger partial charge >= 0.3 is 0 Å². The first kappa shape index (κ1) is 30.2. The maximum atomic E-state index is 15.0. The standard InChI is InChI=1S/C31H29ClF2N8O3/c32-23-16-20(3-4-21(23)31(44)41-13-11-40(12-14-41)30(43)19-2-1-8-36-17-19)39-28-29-38-18-24(42(29)10-9-37-28)22-5-6-25(45-15-7-35)27(34)26(22)33/h3-6,9-10,16,18-19,36H,1-2,8,11-15,17H2,(H,37,39)/t19-/m1/s1. The summed E-state index contributed by atoms with van der Waals surface area (Å²) in [5.74, 6) is -2.46. The fourth-order valence-corrected chi connectivity index (χ4v) is 5.94. The highest BCUT2D eigenvalue weighted by atomic mass is 35.5. The minimum Gasteiger partial charge on any atom is -0.476 e. The van der Waals surface area contributed by atoms with Crippen molar-refractivity contribution >= 4 is 40.6 Å². The van der Waals surface area contributed by atoms with Crippen molar-refractivity contribution < 1.29 is 23.1 Å². The Labute approximate surface area is 262 Å². The maximum absolute atomic E-state index is 15.0. The molecule has 2 aliphatic heterocycles. The molecule has 2 aromatic heterocycles. The zero-order valence-corrected chi connectivity index (χ0v) is 24.9. The second-order valence-electron chi connectivity index (χ2n) is 10.8. The number of hydrogen-bond donors (Lipinski definition) is 2. The number of fused-ring (bicyclic) bond motifs is 1. The van der Waals surface area contributed by atoms with Crippen LogP contribution in [0.15, 0.2) is 48.9 Å². The van der Waals surface area contributed by atoms with E-state index in [1.54, 1.807) is 39.8 Å². The zero-order chi connectivity index (χ0) is 31.5. The molecule has 0 saturated carbocycles. The van der Waals surface area contributed by atoms with Gasteiger partial charge in [-0.15, -0.1) is 0 Å². The van der Waals surface area contributed by atoms with Gasteiger partial charge in [0.05, 0.1) is 28.4 Å². The summed E-state index contributed by atoms with van der Waals surface area (Å²) < 4.78 is 36.1. The number of ether oxygens (including phenoxy) is 1. The molecule has 4 heterocycles. The Kier molecular flexibility index (Phi) is 8.77. The van der Waals surface area contributed by atoms with Crippen LogP contribution in [0.3, 0.4) is 0 Å². The third-order valence-electron chi connectivity index (χ3n) is 8.03. The SMILES string of the molecule is N#CCOc1ccc(-c2cnc3c(Nc4ccc(C(=O)N5CCN(C(=O)[C@@H]6CCCNC6)CC5)c(Cl)c4)nccn23)c(F)c1F. The number of aromatic nitrogens is 3. The first-order valence-corrected chi connectivity index (χ1v) is 14.9. The van der Waals surface area contributed by atoms with Crippen LogP contribution in [-0.2, 0) is 4.79 Å². The molecule has 0 spiro atoms. The van der Waals surface area contributed by atoms with Gasteiger partial charge in [0.25, 0.3) is 5.91 Å². The minimum absolute atomic E-state index is 0.00372. The third-order valence-corrected chi connectivity index (χ3v) is 8.34. The summed E-state index contributed by atoms with van der Waals surface area (Å²) in [6, 6.07) is 9.25. The summed E-state index contributed by atoms with van der Waals surface area (Å²) >= 11 is 6.56. The quantitative estimate of drug-likeness (QED) is 0.309. The summed E-state index contributed by atoms with van der Waals surface area (Å²) in [7, 11) is 0. The van der Waals surface area contributed by atoms with E-state index in [-0.39, 0.29) is 39.8 Å². The summed E-state index contributed by atoms with van der Waals surface area (Å²) in [5, 5.41) is 15.3. The lowest BCUT2D eigenvalue weighted by Gasteiger charge is -2.37. The Morgan fingerprint density at radius 1 is 1.11 bits per heavy atom. The first-order valence-electron chi connectivity index (χ1n) is 14.5. The summed E-state index contributed by atoms with van der Waals surface area (Å²) in [6.07, 6.45) is 6.32. The predicted molar refractivity (Wildman–Crippen MR) is 162 cm³/mol. The predicted octanol–water partition coefficient (Wildman–Crippen LogP) is 4.26. The minimum atomic E-state index is -1.21. The van der Waals surface area contributed by atoms with Crippen LogP contribution in [0.4, 0.5) is 20.3 Å². The fourth-order valence-electron chi connectivity index (χ4n) is 5.68. The smallest absolute Gasteiger partial charge is 0.255 e. The number of anilines is 2. The molecule has 11 nitrogen and oxygen atoms in total. The lowest BCUT2D eigenvalue weighted by Crippen LogP contribution is -2.53. The molecule has 14 heteroatoms. The van der Waals surface area contributed by atoms with Crippen LogP contribution < -0.4 is 15.4 Å². The average molecular weight is 635 g/mol. The van der Waals surface area contributed by atoms with E-state index in [4.69, 9.17) is 21.6 Å². The number of nitrogens with zero attached hydrogens (tertiary/aromatic N) is 6. The van der Waals surface area contributed by atoms with Gasteiger partial charge in [-0.25, -0.2) is 14.4 Å². The number of nitrogens with one attached hydrogen (secondary N) is 2. The Bertz CT molecular complexity index is 1800. The van der Waals surface area contributed by atoms with Gasteiger partial charge in [-0.2, -0.15) is 9.65 Å². The number of piperidine rings is 1. The second-order valence-corrected chi connectivity index (χ2v) is 11.2. The largest absolute Gasteiger partial charge is 0.476 e. The van der Waals surface area contributed by atoms with Gasteiger partial charge in [-0.05, 0) is 49.7 Å². The molecule has 4 aromatic rings. The number of benzene rings is 2. The summed E-state index contributed by atoms with van der Waals surface area (Å²) in [6.45, 7) is 3.05. The van der Waals surface area contributed by atoms with Gasteiger partial charge in [0.1, 0.15) is 6.07 Å². The Hall–Kier alpha value is -4.80. The lowest BCUT2D eigenvalue weighted by molar-refractivity contribution is -0.137. The molecule has 2 amide bonds. The Balaban J connectivity index is 1.15. The molecule has 1 atom stereocenters.